The molecule has 0 fully saturated rings. The fourth-order valence-corrected chi connectivity index (χ4v) is 2.29. The Labute approximate surface area is 147 Å². The number of benzene rings is 1. The van der Waals surface area contributed by atoms with Gasteiger partial charge in [-0.3, -0.25) is 4.18 Å². The minimum Gasteiger partial charge on any atom is -0.448 e. The van der Waals surface area contributed by atoms with E-state index in [0.29, 0.717) is 7.11 Å². The molecule has 7 nitrogen and oxygen atoms in total. The van der Waals surface area contributed by atoms with Crippen molar-refractivity contribution in [2.45, 2.75) is 19.2 Å². The summed E-state index contributed by atoms with van der Waals surface area (Å²) in [5.41, 5.74) is -0.305. The standard InChI is InChI=1S/C15H15F3O7S/c1-9(2)13(19)24-11-6-4-5-10(7-11)14(20)25-12(15(16,17)18)8-26(21,22)23-3/h4-7,12H,1,8H2,2-3H3. The van der Waals surface area contributed by atoms with Crippen molar-refractivity contribution in [2.75, 3.05) is 12.9 Å². The lowest BCUT2D eigenvalue weighted by Gasteiger charge is -2.20. The summed E-state index contributed by atoms with van der Waals surface area (Å²) < 4.78 is 74.3. The fraction of sp³-hybridized carbons (Fsp3) is 0.333. The van der Waals surface area contributed by atoms with Gasteiger partial charge in [-0.2, -0.15) is 21.6 Å². The largest absolute Gasteiger partial charge is 0.448 e. The first kappa shape index (κ1) is 21.6. The van der Waals surface area contributed by atoms with Gasteiger partial charge in [-0.15, -0.1) is 0 Å². The van der Waals surface area contributed by atoms with Gasteiger partial charge in [0.05, 0.1) is 12.7 Å². The van der Waals surface area contributed by atoms with Crippen molar-refractivity contribution in [1.82, 2.24) is 0 Å². The van der Waals surface area contributed by atoms with Gasteiger partial charge in [-0.05, 0) is 25.1 Å². The number of hydrogen-bond acceptors (Lipinski definition) is 7. The molecule has 1 rings (SSSR count). The van der Waals surface area contributed by atoms with Crippen LogP contribution in [0.2, 0.25) is 0 Å². The van der Waals surface area contributed by atoms with Crippen LogP contribution in [0.4, 0.5) is 13.2 Å². The molecule has 1 unspecified atom stereocenters. The molecular formula is C15H15F3O7S. The molecule has 0 aliphatic heterocycles. The Morgan fingerprint density at radius 2 is 1.88 bits per heavy atom. The first-order chi connectivity index (χ1) is 11.9. The van der Waals surface area contributed by atoms with Gasteiger partial charge in [0.15, 0.2) is 0 Å². The molecule has 1 aromatic carbocycles. The lowest BCUT2D eigenvalue weighted by Crippen LogP contribution is -2.39. The van der Waals surface area contributed by atoms with Gasteiger partial charge in [0.2, 0.25) is 6.10 Å². The van der Waals surface area contributed by atoms with Gasteiger partial charge in [0.25, 0.3) is 10.1 Å². The SMILES string of the molecule is C=C(C)C(=O)Oc1cccc(C(=O)OC(CS(=O)(=O)OC)C(F)(F)F)c1. The molecule has 0 N–H and O–H groups in total. The number of rotatable bonds is 7. The highest BCUT2D eigenvalue weighted by atomic mass is 32.2. The summed E-state index contributed by atoms with van der Waals surface area (Å²) in [7, 11) is -3.86. The summed E-state index contributed by atoms with van der Waals surface area (Å²) in [5.74, 6) is -3.97. The van der Waals surface area contributed by atoms with E-state index in [4.69, 9.17) is 4.74 Å². The molecule has 0 heterocycles. The molecule has 11 heteroatoms. The average molecular weight is 396 g/mol. The third-order valence-electron chi connectivity index (χ3n) is 2.85. The maximum Gasteiger partial charge on any atom is 0.426 e. The van der Waals surface area contributed by atoms with E-state index in [-0.39, 0.29) is 16.9 Å². The topological polar surface area (TPSA) is 96.0 Å². The predicted molar refractivity (Wildman–Crippen MR) is 82.9 cm³/mol. The second-order valence-corrected chi connectivity index (χ2v) is 6.81. The van der Waals surface area contributed by atoms with Crippen molar-refractivity contribution in [1.29, 1.82) is 0 Å². The van der Waals surface area contributed by atoms with E-state index in [9.17, 15) is 31.2 Å². The minimum absolute atomic E-state index is 0.0693. The summed E-state index contributed by atoms with van der Waals surface area (Å²) in [6, 6.07) is 4.61. The number of carbonyl (C=O) groups excluding carboxylic acids is 2. The molecule has 1 atom stereocenters. The second kappa shape index (κ2) is 8.32. The molecule has 26 heavy (non-hydrogen) atoms. The zero-order chi connectivity index (χ0) is 20.1. The van der Waals surface area contributed by atoms with Crippen molar-refractivity contribution < 1.29 is 44.8 Å². The molecule has 0 spiro atoms. The van der Waals surface area contributed by atoms with Crippen LogP contribution in [-0.2, 0) is 23.8 Å². The highest BCUT2D eigenvalue weighted by Gasteiger charge is 2.46. The zero-order valence-electron chi connectivity index (χ0n) is 13.7. The lowest BCUT2D eigenvalue weighted by atomic mass is 10.2. The lowest BCUT2D eigenvalue weighted by molar-refractivity contribution is -0.197. The molecule has 0 amide bonds. The molecule has 0 saturated heterocycles. The highest BCUT2D eigenvalue weighted by Crippen LogP contribution is 2.26. The third-order valence-corrected chi connectivity index (χ3v) is 4.07. The number of hydrogen-bond donors (Lipinski definition) is 0. The summed E-state index contributed by atoms with van der Waals surface area (Å²) in [4.78, 5) is 23.4. The van der Waals surface area contributed by atoms with Crippen LogP contribution < -0.4 is 4.74 Å². The van der Waals surface area contributed by atoms with E-state index in [1.54, 1.807) is 0 Å². The van der Waals surface area contributed by atoms with E-state index < -0.39 is 40.1 Å². The molecule has 1 aromatic rings. The van der Waals surface area contributed by atoms with Crippen LogP contribution in [0.25, 0.3) is 0 Å². The van der Waals surface area contributed by atoms with Gasteiger partial charge in [-0.25, -0.2) is 9.59 Å². The number of halogens is 3. The van der Waals surface area contributed by atoms with Gasteiger partial charge in [-0.1, -0.05) is 12.6 Å². The number of esters is 2. The smallest absolute Gasteiger partial charge is 0.426 e. The van der Waals surface area contributed by atoms with Crippen LogP contribution in [0.3, 0.4) is 0 Å². The summed E-state index contributed by atoms with van der Waals surface area (Å²) >= 11 is 0. The molecule has 0 aliphatic rings. The molecular weight excluding hydrogens is 381 g/mol. The van der Waals surface area contributed by atoms with Crippen LogP contribution in [0.5, 0.6) is 5.75 Å². The van der Waals surface area contributed by atoms with Crippen molar-refractivity contribution in [3.63, 3.8) is 0 Å². The van der Waals surface area contributed by atoms with Crippen molar-refractivity contribution in [3.05, 3.63) is 42.0 Å². The van der Waals surface area contributed by atoms with Crippen molar-refractivity contribution in [2.24, 2.45) is 0 Å². The maximum atomic E-state index is 12.9. The van der Waals surface area contributed by atoms with Crippen molar-refractivity contribution >= 4 is 22.1 Å². The molecule has 0 aromatic heterocycles. The van der Waals surface area contributed by atoms with Crippen LogP contribution in [0.15, 0.2) is 36.4 Å². The number of alkyl halides is 3. The summed E-state index contributed by atoms with van der Waals surface area (Å²) in [6.45, 7) is 4.74. The summed E-state index contributed by atoms with van der Waals surface area (Å²) in [6.07, 6.45) is -8.06. The van der Waals surface area contributed by atoms with Gasteiger partial charge in [0, 0.05) is 5.57 Å². The molecule has 0 saturated carbocycles. The monoisotopic (exact) mass is 396 g/mol. The van der Waals surface area contributed by atoms with Crippen LogP contribution >= 0.6 is 0 Å². The quantitative estimate of drug-likeness (QED) is 0.302. The molecule has 0 radical (unpaired) electrons. The Bertz CT molecular complexity index is 800. The zero-order valence-corrected chi connectivity index (χ0v) is 14.5. The van der Waals surface area contributed by atoms with E-state index in [0.717, 1.165) is 12.1 Å². The van der Waals surface area contributed by atoms with Crippen LogP contribution in [-0.4, -0.2) is 45.5 Å². The van der Waals surface area contributed by atoms with E-state index in [1.165, 1.54) is 19.1 Å². The normalized spacial score (nSPS) is 13.0. The first-order valence-electron chi connectivity index (χ1n) is 6.89. The Balaban J connectivity index is 3.00. The highest BCUT2D eigenvalue weighted by molar-refractivity contribution is 7.86. The molecule has 0 bridgehead atoms. The number of carbonyl (C=O) groups is 2. The summed E-state index contributed by atoms with van der Waals surface area (Å²) in [5, 5.41) is 0. The molecule has 0 aliphatic carbocycles. The Morgan fingerprint density at radius 3 is 2.38 bits per heavy atom. The maximum absolute atomic E-state index is 12.9. The van der Waals surface area contributed by atoms with Gasteiger partial charge >= 0.3 is 18.1 Å². The first-order valence-corrected chi connectivity index (χ1v) is 8.47. The number of ether oxygens (including phenoxy) is 2. The average Bonchev–Trinajstić information content (AvgIpc) is 2.53. The second-order valence-electron chi connectivity index (χ2n) is 5.02. The van der Waals surface area contributed by atoms with Crippen LogP contribution in [0.1, 0.15) is 17.3 Å². The van der Waals surface area contributed by atoms with Crippen LogP contribution in [0, 0.1) is 0 Å². The Hall–Kier alpha value is -2.40. The third kappa shape index (κ3) is 6.48. The minimum atomic E-state index is -5.13. The Kier molecular flexibility index (Phi) is 6.93. The van der Waals surface area contributed by atoms with Gasteiger partial charge < -0.3 is 9.47 Å². The van der Waals surface area contributed by atoms with Gasteiger partial charge in [0.1, 0.15) is 11.5 Å². The fourth-order valence-electron chi connectivity index (χ4n) is 1.53. The predicted octanol–water partition coefficient (Wildman–Crippen LogP) is 2.23. The molecule has 144 valence electrons. The Morgan fingerprint density at radius 1 is 1.27 bits per heavy atom. The van der Waals surface area contributed by atoms with Crippen molar-refractivity contribution in [3.8, 4) is 5.75 Å². The van der Waals surface area contributed by atoms with E-state index in [2.05, 4.69) is 15.5 Å². The van der Waals surface area contributed by atoms with E-state index in [1.807, 2.05) is 0 Å². The van der Waals surface area contributed by atoms with E-state index >= 15 is 0 Å².